The van der Waals surface area contributed by atoms with E-state index in [4.69, 9.17) is 9.47 Å². The number of ether oxygens (including phenoxy) is 2. The molecule has 55 heavy (non-hydrogen) atoms. The van der Waals surface area contributed by atoms with Crippen LogP contribution >= 0.6 is 11.3 Å². The van der Waals surface area contributed by atoms with Gasteiger partial charge in [-0.1, -0.05) is 83.4 Å². The zero-order chi connectivity index (χ0) is 40.8. The maximum Gasteiger partial charge on any atom is 0.242 e. The van der Waals surface area contributed by atoms with E-state index in [-0.39, 0.29) is 42.6 Å². The van der Waals surface area contributed by atoms with Crippen LogP contribution < -0.4 is 16.0 Å². The van der Waals surface area contributed by atoms with E-state index in [1.54, 1.807) is 32.2 Å². The molecule has 1 aliphatic rings. The topological polar surface area (TPSA) is 159 Å². The van der Waals surface area contributed by atoms with Crippen molar-refractivity contribution < 1.29 is 33.4 Å². The fraction of sp³-hybridized carbons (Fsp3) is 0.650. The molecular weight excluding hydrogens is 966 g/mol. The molecule has 3 N–H and O–H groups in total. The monoisotopic (exact) mass is 1030 g/mol. The van der Waals surface area contributed by atoms with Crippen LogP contribution in [0, 0.1) is 18.8 Å². The van der Waals surface area contributed by atoms with Crippen LogP contribution in [0.3, 0.4) is 0 Å². The number of amides is 5. The number of methoxy groups -OCH3 is 2. The quantitative estimate of drug-likeness (QED) is 0.144. The first-order chi connectivity index (χ1) is 25.6. The third-order valence-corrected chi connectivity index (χ3v) is 10.3. The Bertz CT molecular complexity index is 1400. The molecule has 1 aromatic heterocycles. The number of rotatable bonds is 18. The number of carbonyl (C=O) groups excluding carboxylic acids is 5. The van der Waals surface area contributed by atoms with Gasteiger partial charge in [-0.2, -0.15) is 6.41 Å². The number of likely N-dealkylation sites (N-methyl/N-ethyl adjacent to an activating group) is 1. The second-order valence-electron chi connectivity index (χ2n) is 14.2. The summed E-state index contributed by atoms with van der Waals surface area (Å²) in [5.74, 6) is -1.73. The van der Waals surface area contributed by atoms with Crippen molar-refractivity contribution in [3.8, 4) is 0 Å². The molecular formula is C40H65FmN6O7S-. The van der Waals surface area contributed by atoms with Crippen LogP contribution in [0.4, 0.5) is 0 Å². The van der Waals surface area contributed by atoms with Gasteiger partial charge in [-0.3, -0.25) is 19.2 Å². The van der Waals surface area contributed by atoms with Crippen molar-refractivity contribution in [2.24, 2.45) is 11.8 Å². The standard InChI is InChI=1S/C30H49N6O7S.C7H8.C3H8.Fm/c1-9-19(2)26(35(6)25(39)17-33-29(41)30(4,5)34-18-37)22(42-7)15-24(38)36-13-10-11-21(36)27(43-8)20(3)28(40)32-16-23-31-12-14-44-23;1-7-5-3-2-4-6-7;1-3-2;/h12,14,19-22,26-27H,9-11,13,15-17H2,1-8H3,(H,32,40)(H,33,41)(H,34,37);2-6H,1H3;3H2,1-2H3;/q-1;;;. The zero-order valence-corrected chi connectivity index (χ0v) is 37.8. The molecule has 1 aromatic carbocycles. The number of likely N-dealkylation sites (tertiary alicyclic amines) is 1. The van der Waals surface area contributed by atoms with Gasteiger partial charge in [0.05, 0.1) is 55.3 Å². The summed E-state index contributed by atoms with van der Waals surface area (Å²) in [6.07, 6.45) is 5.54. The number of nitrogens with one attached hydrogen (secondary N) is 3. The van der Waals surface area contributed by atoms with Crippen molar-refractivity contribution in [2.45, 2.75) is 124 Å². The smallest absolute Gasteiger partial charge is 0.242 e. The summed E-state index contributed by atoms with van der Waals surface area (Å²) in [4.78, 5) is 70.7. The normalized spacial score (nSPS) is 16.2. The first-order valence-corrected chi connectivity index (χ1v) is 19.7. The van der Waals surface area contributed by atoms with Crippen molar-refractivity contribution >= 4 is 41.4 Å². The van der Waals surface area contributed by atoms with E-state index in [0.29, 0.717) is 19.5 Å². The van der Waals surface area contributed by atoms with Crippen LogP contribution in [0.25, 0.3) is 0 Å². The summed E-state index contributed by atoms with van der Waals surface area (Å²) >= 11 is 1.46. The van der Waals surface area contributed by atoms with Crippen molar-refractivity contribution in [2.75, 3.05) is 34.4 Å². The molecule has 6 unspecified atom stereocenters. The van der Waals surface area contributed by atoms with E-state index in [2.05, 4.69) is 53.8 Å². The van der Waals surface area contributed by atoms with Crippen LogP contribution in [-0.4, -0.2) is 109 Å². The summed E-state index contributed by atoms with van der Waals surface area (Å²) in [5, 5.41) is 10.4. The van der Waals surface area contributed by atoms with Crippen LogP contribution in [0.2, 0.25) is 0 Å². The maximum atomic E-state index is 13.8. The van der Waals surface area contributed by atoms with E-state index in [0.717, 1.165) is 17.8 Å². The van der Waals surface area contributed by atoms with E-state index in [1.807, 2.05) is 37.4 Å². The Labute approximate surface area is 327 Å². The third kappa shape index (κ3) is 16.2. The van der Waals surface area contributed by atoms with Gasteiger partial charge >= 0.3 is 0 Å². The first-order valence-electron chi connectivity index (χ1n) is 18.8. The second kappa shape index (κ2) is 26.0. The zero-order valence-electron chi connectivity index (χ0n) is 34.6. The Kier molecular flexibility index (Phi) is 23.7. The minimum absolute atomic E-state index is 0. The minimum Gasteiger partial charge on any atom is -0.520 e. The Hall–Kier alpha value is -4.88. The van der Waals surface area contributed by atoms with Gasteiger partial charge < -0.3 is 40.0 Å². The Balaban J connectivity index is 0.00000231. The molecule has 0 radical (unpaired) electrons. The second-order valence-corrected chi connectivity index (χ2v) is 15.2. The van der Waals surface area contributed by atoms with E-state index >= 15 is 0 Å². The summed E-state index contributed by atoms with van der Waals surface area (Å²) in [6, 6.07) is 9.52. The molecule has 3 rings (SSSR count). The number of aromatic nitrogens is 1. The van der Waals surface area contributed by atoms with Gasteiger partial charge in [-0.05, 0) is 39.5 Å². The Morgan fingerprint density at radius 3 is 2.20 bits per heavy atom. The fourth-order valence-electron chi connectivity index (χ4n) is 6.21. The number of hydrogen-bond donors (Lipinski definition) is 3. The van der Waals surface area contributed by atoms with Crippen molar-refractivity contribution in [3.05, 3.63) is 52.5 Å². The van der Waals surface area contributed by atoms with Crippen LogP contribution in [0.1, 0.15) is 91.1 Å². The predicted molar refractivity (Wildman–Crippen MR) is 213 cm³/mol. The molecule has 13 nitrogen and oxygen atoms in total. The van der Waals surface area contributed by atoms with Gasteiger partial charge in [0.25, 0.3) is 0 Å². The van der Waals surface area contributed by atoms with Gasteiger partial charge in [0.2, 0.25) is 23.6 Å². The minimum atomic E-state index is -1.23. The van der Waals surface area contributed by atoms with Crippen LogP contribution in [0.15, 0.2) is 41.9 Å². The van der Waals surface area contributed by atoms with Crippen molar-refractivity contribution in [1.29, 1.82) is 0 Å². The maximum absolute atomic E-state index is 13.8. The molecule has 15 heteroatoms. The Morgan fingerprint density at radius 2 is 1.71 bits per heavy atom. The van der Waals surface area contributed by atoms with Crippen LogP contribution in [0.5, 0.6) is 0 Å². The van der Waals surface area contributed by atoms with E-state index in [9.17, 15) is 24.0 Å². The summed E-state index contributed by atoms with van der Waals surface area (Å²) in [6.45, 7) is 15.7. The predicted octanol–water partition coefficient (Wildman–Crippen LogP) is 4.64. The van der Waals surface area contributed by atoms with Gasteiger partial charge in [0.1, 0.15) is 5.01 Å². The molecule has 0 saturated carbocycles. The number of nitrogens with zero attached hydrogens (tertiary/aromatic N) is 3. The molecule has 2 heterocycles. The number of benzene rings is 1. The summed E-state index contributed by atoms with van der Waals surface area (Å²) < 4.78 is 11.7. The fourth-order valence-corrected chi connectivity index (χ4v) is 6.77. The Morgan fingerprint density at radius 1 is 1.07 bits per heavy atom. The average molecular weight is 1030 g/mol. The summed E-state index contributed by atoms with van der Waals surface area (Å²) in [5.41, 5.74) is 0.0896. The molecule has 1 fully saturated rings. The van der Waals surface area contributed by atoms with Crippen LogP contribution in [-0.2, 0) is 40.0 Å². The number of thiazole rings is 1. The van der Waals surface area contributed by atoms with Gasteiger partial charge in [0, 0.05) is 39.4 Å². The third-order valence-electron chi connectivity index (χ3n) is 9.47. The molecule has 2 aromatic rings. The first kappa shape index (κ1) is 50.1. The molecule has 1 saturated heterocycles. The molecule has 5 amide bonds. The molecule has 0 aliphatic carbocycles. The van der Waals surface area contributed by atoms with E-state index < -0.39 is 35.6 Å². The number of hydrogen-bond acceptors (Lipinski definition) is 9. The molecule has 0 bridgehead atoms. The molecule has 0 spiro atoms. The molecule has 1 aliphatic heterocycles. The molecule has 6 atom stereocenters. The van der Waals surface area contributed by atoms with Gasteiger partial charge in [-0.15, -0.1) is 11.3 Å². The van der Waals surface area contributed by atoms with Gasteiger partial charge in [0.15, 0.2) is 0 Å². The average Bonchev–Trinajstić information content (AvgIpc) is 3.86. The number of carbonyl (C=O) groups is 4. The van der Waals surface area contributed by atoms with Crippen molar-refractivity contribution in [3.63, 3.8) is 0 Å². The molecule has 316 valence electrons. The van der Waals surface area contributed by atoms with E-state index in [1.165, 1.54) is 55.6 Å². The largest absolute Gasteiger partial charge is 0.520 e. The number of aryl methyl sites for hydroxylation is 1. The SMILES string of the molecule is CCC.CCC(C)C(C(CC(=O)N1CCCC1C(OC)C(C)C(=O)NCc1nccs1)OC)N(C)C(=O)CNC(=O)C(C)(C)N[C-]=O.Cc1ccccc1.[Fm]. The van der Waals surface area contributed by atoms with Crippen molar-refractivity contribution in [1.82, 2.24) is 30.7 Å². The van der Waals surface area contributed by atoms with Gasteiger partial charge in [-0.25, -0.2) is 4.98 Å². The summed E-state index contributed by atoms with van der Waals surface area (Å²) in [7, 11) is 4.71.